The van der Waals surface area contributed by atoms with E-state index in [1.165, 1.54) is 12.1 Å². The Morgan fingerprint density at radius 1 is 1.25 bits per heavy atom. The molecule has 0 radical (unpaired) electrons. The largest absolute Gasteiger partial charge is 0.501 e. The number of hydrogen-bond donors (Lipinski definition) is 3. The lowest BCUT2D eigenvalue weighted by Gasteiger charge is -2.38. The number of amides is 1. The van der Waals surface area contributed by atoms with Gasteiger partial charge in [-0.05, 0) is 31.3 Å². The predicted molar refractivity (Wildman–Crippen MR) is 100 cm³/mol. The number of likely N-dealkylation sites (N-methyl/N-ethyl adjacent to an activating group) is 2. The van der Waals surface area contributed by atoms with Crippen molar-refractivity contribution in [1.29, 1.82) is 0 Å². The van der Waals surface area contributed by atoms with Crippen molar-refractivity contribution in [3.63, 3.8) is 0 Å². The zero-order valence-electron chi connectivity index (χ0n) is 15.9. The zero-order valence-corrected chi connectivity index (χ0v) is 15.9. The normalized spacial score (nSPS) is 18.2. The Labute approximate surface area is 162 Å². The second kappa shape index (κ2) is 8.49. The topological polar surface area (TPSA) is 102 Å². The summed E-state index contributed by atoms with van der Waals surface area (Å²) in [7, 11) is 1.98. The fraction of sp³-hybridized carbons (Fsp3) is 0.421. The first-order valence-corrected chi connectivity index (χ1v) is 9.14. The van der Waals surface area contributed by atoms with Crippen molar-refractivity contribution in [2.75, 3.05) is 33.2 Å². The average molecular weight is 389 g/mol. The van der Waals surface area contributed by atoms with Crippen molar-refractivity contribution in [2.24, 2.45) is 0 Å². The van der Waals surface area contributed by atoms with Gasteiger partial charge in [0.25, 0.3) is 11.8 Å². The minimum atomic E-state index is -0.660. The van der Waals surface area contributed by atoms with Crippen LogP contribution in [0.5, 0.6) is 11.6 Å². The minimum absolute atomic E-state index is 0.131. The van der Waals surface area contributed by atoms with Crippen LogP contribution >= 0.6 is 0 Å². The second-order valence-electron chi connectivity index (χ2n) is 6.82. The van der Waals surface area contributed by atoms with Crippen LogP contribution in [0.4, 0.5) is 4.39 Å². The van der Waals surface area contributed by atoms with Gasteiger partial charge >= 0.3 is 0 Å². The molecule has 1 atom stereocenters. The molecule has 1 aromatic heterocycles. The van der Waals surface area contributed by atoms with Gasteiger partial charge in [-0.1, -0.05) is 19.1 Å². The quantitative estimate of drug-likeness (QED) is 0.708. The molecule has 1 saturated heterocycles. The summed E-state index contributed by atoms with van der Waals surface area (Å²) in [5.74, 6) is -2.01. The Hall–Kier alpha value is -2.78. The van der Waals surface area contributed by atoms with Gasteiger partial charge < -0.3 is 20.4 Å². The molecule has 1 aliphatic heterocycles. The average Bonchev–Trinajstić information content (AvgIpc) is 2.69. The van der Waals surface area contributed by atoms with Crippen LogP contribution in [0.15, 0.2) is 24.3 Å². The van der Waals surface area contributed by atoms with Gasteiger partial charge in [-0.15, -0.1) is 0 Å². The highest BCUT2D eigenvalue weighted by Gasteiger charge is 2.30. The third kappa shape index (κ3) is 4.37. The van der Waals surface area contributed by atoms with Gasteiger partial charge in [0.2, 0.25) is 5.75 Å². The molecule has 1 unspecified atom stereocenters. The molecular formula is C19H24FN5O3. The molecule has 1 aliphatic rings. The Balaban J connectivity index is 1.82. The van der Waals surface area contributed by atoms with Crippen LogP contribution in [-0.2, 0) is 6.54 Å². The SMILES string of the molecule is CCN1CCN(C)CC1c1nc(O)c(O)c(C(=O)NCc2ccc(F)cc2)n1. The van der Waals surface area contributed by atoms with E-state index in [1.54, 1.807) is 12.1 Å². The number of halogens is 1. The van der Waals surface area contributed by atoms with Crippen molar-refractivity contribution in [3.05, 3.63) is 47.2 Å². The predicted octanol–water partition coefficient (Wildman–Crippen LogP) is 1.27. The van der Waals surface area contributed by atoms with E-state index in [0.717, 1.165) is 19.6 Å². The van der Waals surface area contributed by atoms with Crippen LogP contribution < -0.4 is 5.32 Å². The lowest BCUT2D eigenvalue weighted by atomic mass is 10.1. The summed E-state index contributed by atoms with van der Waals surface area (Å²) in [6.07, 6.45) is 0. The van der Waals surface area contributed by atoms with Gasteiger partial charge in [-0.3, -0.25) is 9.69 Å². The van der Waals surface area contributed by atoms with E-state index < -0.39 is 17.5 Å². The molecule has 0 saturated carbocycles. The highest BCUT2D eigenvalue weighted by molar-refractivity contribution is 5.95. The highest BCUT2D eigenvalue weighted by atomic mass is 19.1. The van der Waals surface area contributed by atoms with Gasteiger partial charge in [-0.25, -0.2) is 9.37 Å². The molecule has 0 bridgehead atoms. The van der Waals surface area contributed by atoms with E-state index >= 15 is 0 Å². The van der Waals surface area contributed by atoms with Gasteiger partial charge in [0, 0.05) is 26.2 Å². The number of aromatic nitrogens is 2. The maximum atomic E-state index is 13.0. The summed E-state index contributed by atoms with van der Waals surface area (Å²) in [5, 5.41) is 22.8. The maximum absolute atomic E-state index is 13.0. The van der Waals surface area contributed by atoms with Crippen LogP contribution in [0, 0.1) is 5.82 Å². The van der Waals surface area contributed by atoms with Crippen LogP contribution in [0.25, 0.3) is 0 Å². The molecule has 3 rings (SSSR count). The number of nitrogens with one attached hydrogen (secondary N) is 1. The molecular weight excluding hydrogens is 365 g/mol. The Kier molecular flexibility index (Phi) is 6.05. The summed E-state index contributed by atoms with van der Waals surface area (Å²) >= 11 is 0. The molecule has 3 N–H and O–H groups in total. The standard InChI is InChI=1S/C19H24FN5O3/c1-3-25-9-8-24(2)11-14(25)17-22-15(16(26)19(28)23-17)18(27)21-10-12-4-6-13(20)7-5-12/h4-7,14,26H,3,8-11H2,1-2H3,(H,21,27)(H,22,23,28). The van der Waals surface area contributed by atoms with Gasteiger partial charge in [-0.2, -0.15) is 4.98 Å². The van der Waals surface area contributed by atoms with E-state index in [-0.39, 0.29) is 29.9 Å². The highest BCUT2D eigenvalue weighted by Crippen LogP contribution is 2.30. The number of hydrogen-bond acceptors (Lipinski definition) is 7. The van der Waals surface area contributed by atoms with Crippen molar-refractivity contribution in [1.82, 2.24) is 25.1 Å². The molecule has 0 spiro atoms. The Bertz CT molecular complexity index is 846. The zero-order chi connectivity index (χ0) is 20.3. The number of rotatable bonds is 5. The number of aromatic hydroxyl groups is 2. The van der Waals surface area contributed by atoms with Crippen molar-refractivity contribution in [2.45, 2.75) is 19.5 Å². The van der Waals surface area contributed by atoms with Crippen molar-refractivity contribution < 1.29 is 19.4 Å². The smallest absolute Gasteiger partial charge is 0.274 e. The monoisotopic (exact) mass is 389 g/mol. The number of nitrogens with zero attached hydrogens (tertiary/aromatic N) is 4. The van der Waals surface area contributed by atoms with E-state index in [1.807, 2.05) is 14.0 Å². The number of piperazine rings is 1. The summed E-state index contributed by atoms with van der Waals surface area (Å²) in [6.45, 7) is 5.29. The number of carbonyl (C=O) groups is 1. The molecule has 9 heteroatoms. The van der Waals surface area contributed by atoms with E-state index in [9.17, 15) is 19.4 Å². The van der Waals surface area contributed by atoms with E-state index in [2.05, 4.69) is 25.1 Å². The molecule has 28 heavy (non-hydrogen) atoms. The molecule has 1 amide bonds. The molecule has 2 heterocycles. The maximum Gasteiger partial charge on any atom is 0.274 e. The Morgan fingerprint density at radius 3 is 2.64 bits per heavy atom. The second-order valence-corrected chi connectivity index (χ2v) is 6.82. The van der Waals surface area contributed by atoms with Crippen molar-refractivity contribution >= 4 is 5.91 Å². The van der Waals surface area contributed by atoms with Crippen LogP contribution in [-0.4, -0.2) is 69.1 Å². The molecule has 2 aromatic rings. The number of benzene rings is 1. The van der Waals surface area contributed by atoms with Crippen LogP contribution in [0.1, 0.15) is 34.8 Å². The molecule has 1 fully saturated rings. The summed E-state index contributed by atoms with van der Waals surface area (Å²) in [5.41, 5.74) is 0.410. The molecule has 150 valence electrons. The van der Waals surface area contributed by atoms with E-state index in [4.69, 9.17) is 0 Å². The van der Waals surface area contributed by atoms with E-state index in [0.29, 0.717) is 12.1 Å². The third-order valence-electron chi connectivity index (χ3n) is 4.86. The molecule has 8 nitrogen and oxygen atoms in total. The van der Waals surface area contributed by atoms with Gasteiger partial charge in [0.1, 0.15) is 5.82 Å². The fourth-order valence-corrected chi connectivity index (χ4v) is 3.22. The molecule has 0 aliphatic carbocycles. The first-order chi connectivity index (χ1) is 13.4. The van der Waals surface area contributed by atoms with Gasteiger partial charge in [0.05, 0.1) is 6.04 Å². The lowest BCUT2D eigenvalue weighted by molar-refractivity contribution is 0.0877. The third-order valence-corrected chi connectivity index (χ3v) is 4.86. The summed E-state index contributed by atoms with van der Waals surface area (Å²) < 4.78 is 13.0. The molecule has 1 aromatic carbocycles. The fourth-order valence-electron chi connectivity index (χ4n) is 3.22. The summed E-state index contributed by atoms with van der Waals surface area (Å²) in [6, 6.07) is 5.50. The number of carbonyl (C=O) groups excluding carboxylic acids is 1. The minimum Gasteiger partial charge on any atom is -0.501 e. The first kappa shape index (κ1) is 20.0. The van der Waals surface area contributed by atoms with Crippen molar-refractivity contribution in [3.8, 4) is 11.6 Å². The summed E-state index contributed by atoms with van der Waals surface area (Å²) in [4.78, 5) is 25.1. The van der Waals surface area contributed by atoms with Gasteiger partial charge in [0.15, 0.2) is 11.5 Å². The Morgan fingerprint density at radius 2 is 1.96 bits per heavy atom. The lowest BCUT2D eigenvalue weighted by Crippen LogP contribution is -2.47. The van der Waals surface area contributed by atoms with Crippen LogP contribution in [0.2, 0.25) is 0 Å². The van der Waals surface area contributed by atoms with Crippen LogP contribution in [0.3, 0.4) is 0 Å². The first-order valence-electron chi connectivity index (χ1n) is 9.14.